The molecular formula is C14H7Cl3N2O2. The molecule has 1 heterocycles. The Hall–Kier alpha value is -1.75. The highest BCUT2D eigenvalue weighted by atomic mass is 35.5. The third-order valence-corrected chi connectivity index (χ3v) is 4.17. The van der Waals surface area contributed by atoms with Crippen molar-refractivity contribution in [2.45, 2.75) is 0 Å². The maximum atomic E-state index is 11.3. The molecule has 0 saturated heterocycles. The van der Waals surface area contributed by atoms with E-state index in [1.54, 1.807) is 0 Å². The van der Waals surface area contributed by atoms with Gasteiger partial charge in [-0.1, -0.05) is 65.1 Å². The molecule has 0 radical (unpaired) electrons. The molecule has 0 atom stereocenters. The molecule has 0 aliphatic carbocycles. The van der Waals surface area contributed by atoms with Crippen molar-refractivity contribution >= 4 is 57.0 Å². The Balaban J connectivity index is 2.32. The lowest BCUT2D eigenvalue weighted by Gasteiger charge is -2.26. The Morgan fingerprint density at radius 2 is 1.81 bits per heavy atom. The van der Waals surface area contributed by atoms with Gasteiger partial charge in [0.25, 0.3) is 0 Å². The lowest BCUT2D eigenvalue weighted by Crippen LogP contribution is -2.19. The predicted molar refractivity (Wildman–Crippen MR) is 86.1 cm³/mol. The first-order valence-corrected chi connectivity index (χ1v) is 7.03. The fourth-order valence-electron chi connectivity index (χ4n) is 2.33. The Kier molecular flexibility index (Phi) is 3.53. The zero-order valence-corrected chi connectivity index (χ0v) is 12.6. The van der Waals surface area contributed by atoms with E-state index in [0.717, 1.165) is 22.0 Å². The highest BCUT2D eigenvalue weighted by Gasteiger charge is 2.34. The second kappa shape index (κ2) is 5.22. The van der Waals surface area contributed by atoms with Crippen LogP contribution in [-0.4, -0.2) is 4.92 Å². The van der Waals surface area contributed by atoms with Gasteiger partial charge in [-0.15, -0.1) is 0 Å². The average Bonchev–Trinajstić information content (AvgIpc) is 2.42. The molecule has 0 spiro atoms. The Bertz CT molecular complexity index is 839. The van der Waals surface area contributed by atoms with Gasteiger partial charge < -0.3 is 5.32 Å². The molecule has 106 valence electrons. The Morgan fingerprint density at radius 3 is 2.48 bits per heavy atom. The van der Waals surface area contributed by atoms with Crippen LogP contribution in [0.1, 0.15) is 5.56 Å². The van der Waals surface area contributed by atoms with Crippen molar-refractivity contribution in [3.8, 4) is 0 Å². The van der Waals surface area contributed by atoms with Crippen LogP contribution in [0.15, 0.2) is 51.6 Å². The number of hydrogen-bond donors (Lipinski definition) is 1. The van der Waals surface area contributed by atoms with Crippen molar-refractivity contribution < 1.29 is 4.92 Å². The third kappa shape index (κ3) is 2.25. The minimum absolute atomic E-state index is 0.288. The minimum Gasteiger partial charge on any atom is -0.349 e. The minimum atomic E-state index is -0.597. The average molecular weight is 342 g/mol. The number of rotatable bonds is 2. The Morgan fingerprint density at radius 1 is 1.10 bits per heavy atom. The zero-order valence-electron chi connectivity index (χ0n) is 10.4. The monoisotopic (exact) mass is 340 g/mol. The fraction of sp³-hybridized carbons (Fsp3) is 0. The number of nitro groups is 1. The highest BCUT2D eigenvalue weighted by molar-refractivity contribution is 6.60. The van der Waals surface area contributed by atoms with E-state index in [1.165, 1.54) is 0 Å². The number of hydrogen-bond acceptors (Lipinski definition) is 3. The van der Waals surface area contributed by atoms with E-state index in [1.807, 2.05) is 36.4 Å². The summed E-state index contributed by atoms with van der Waals surface area (Å²) in [5.41, 5.74) is 1.53. The number of nitrogens with one attached hydrogen (secondary N) is 1. The van der Waals surface area contributed by atoms with Crippen LogP contribution in [0.4, 0.5) is 5.69 Å². The van der Waals surface area contributed by atoms with Crippen molar-refractivity contribution in [2.24, 2.45) is 0 Å². The first-order valence-electron chi connectivity index (χ1n) is 5.89. The van der Waals surface area contributed by atoms with Gasteiger partial charge in [0.05, 0.1) is 4.92 Å². The molecule has 2 aromatic carbocycles. The first-order chi connectivity index (χ1) is 10.0. The molecule has 7 heteroatoms. The normalized spacial score (nSPS) is 14.8. The van der Waals surface area contributed by atoms with Gasteiger partial charge in [0.1, 0.15) is 10.2 Å². The van der Waals surface area contributed by atoms with Crippen molar-refractivity contribution in [1.82, 2.24) is 0 Å². The number of allylic oxidation sites excluding steroid dienone is 1. The zero-order chi connectivity index (χ0) is 15.1. The smallest absolute Gasteiger partial charge is 0.314 e. The molecule has 0 amide bonds. The molecule has 1 aliphatic rings. The molecule has 0 saturated carbocycles. The van der Waals surface area contributed by atoms with Crippen LogP contribution in [0.3, 0.4) is 0 Å². The lowest BCUT2D eigenvalue weighted by molar-refractivity contribution is -0.418. The van der Waals surface area contributed by atoms with Gasteiger partial charge in [-0.25, -0.2) is 0 Å². The fourth-order valence-corrected chi connectivity index (χ4v) is 2.67. The summed E-state index contributed by atoms with van der Waals surface area (Å²) in [6.45, 7) is 0. The number of benzene rings is 2. The summed E-state index contributed by atoms with van der Waals surface area (Å²) >= 11 is 17.0. The number of nitrogens with zero attached hydrogens (tertiary/aromatic N) is 1. The van der Waals surface area contributed by atoms with Crippen LogP contribution in [0.5, 0.6) is 0 Å². The van der Waals surface area contributed by atoms with E-state index in [9.17, 15) is 10.1 Å². The maximum Gasteiger partial charge on any atom is 0.314 e. The quantitative estimate of drug-likeness (QED) is 0.611. The van der Waals surface area contributed by atoms with Crippen molar-refractivity contribution in [3.63, 3.8) is 0 Å². The van der Waals surface area contributed by atoms with E-state index in [0.29, 0.717) is 5.70 Å². The summed E-state index contributed by atoms with van der Waals surface area (Å²) in [4.78, 5) is 10.7. The molecule has 21 heavy (non-hydrogen) atoms. The van der Waals surface area contributed by atoms with Gasteiger partial charge in [-0.05, 0) is 16.8 Å². The largest absolute Gasteiger partial charge is 0.349 e. The van der Waals surface area contributed by atoms with Crippen molar-refractivity contribution in [3.05, 3.63) is 67.3 Å². The molecule has 1 aliphatic heterocycles. The van der Waals surface area contributed by atoms with Crippen LogP contribution in [0.2, 0.25) is 0 Å². The molecule has 3 rings (SSSR count). The van der Waals surface area contributed by atoms with Crippen LogP contribution < -0.4 is 5.32 Å². The number of fused-ring (bicyclic) bond motifs is 3. The van der Waals surface area contributed by atoms with Crippen LogP contribution in [-0.2, 0) is 0 Å². The van der Waals surface area contributed by atoms with Crippen LogP contribution >= 0.6 is 34.8 Å². The summed E-state index contributed by atoms with van der Waals surface area (Å²) in [5.74, 6) is 0. The standard InChI is InChI=1S/C14H7Cl3N2O2/c15-11(14(16)17)13(19(20)21)12-10-8-4-2-1-3-7(8)5-6-9(10)18-12/h1-6,18H/b13-12-. The summed E-state index contributed by atoms with van der Waals surface area (Å²) in [7, 11) is 0. The maximum absolute atomic E-state index is 11.3. The summed E-state index contributed by atoms with van der Waals surface area (Å²) in [6, 6.07) is 11.4. The molecule has 0 unspecified atom stereocenters. The van der Waals surface area contributed by atoms with Gasteiger partial charge in [-0.3, -0.25) is 10.1 Å². The molecular weight excluding hydrogens is 335 g/mol. The van der Waals surface area contributed by atoms with Gasteiger partial charge >= 0.3 is 5.70 Å². The van der Waals surface area contributed by atoms with E-state index in [4.69, 9.17) is 34.8 Å². The van der Waals surface area contributed by atoms with E-state index < -0.39 is 4.92 Å². The molecule has 0 aromatic heterocycles. The van der Waals surface area contributed by atoms with E-state index >= 15 is 0 Å². The Labute approximate surface area is 134 Å². The third-order valence-electron chi connectivity index (χ3n) is 3.23. The first kappa shape index (κ1) is 14.2. The van der Waals surface area contributed by atoms with Gasteiger partial charge in [0, 0.05) is 11.3 Å². The highest BCUT2D eigenvalue weighted by Crippen LogP contribution is 2.44. The van der Waals surface area contributed by atoms with Crippen molar-refractivity contribution in [2.75, 3.05) is 5.32 Å². The summed E-state index contributed by atoms with van der Waals surface area (Å²) < 4.78 is -0.341. The molecule has 0 bridgehead atoms. The second-order valence-electron chi connectivity index (χ2n) is 4.39. The van der Waals surface area contributed by atoms with Crippen LogP contribution in [0, 0.1) is 10.1 Å². The van der Waals surface area contributed by atoms with Gasteiger partial charge in [0.15, 0.2) is 5.03 Å². The summed E-state index contributed by atoms with van der Waals surface area (Å²) in [5, 5.41) is 15.8. The molecule has 1 N–H and O–H groups in total. The molecule has 0 fully saturated rings. The number of anilines is 1. The van der Waals surface area contributed by atoms with Crippen molar-refractivity contribution in [1.29, 1.82) is 0 Å². The van der Waals surface area contributed by atoms with Gasteiger partial charge in [0.2, 0.25) is 0 Å². The molecule has 2 aromatic rings. The summed E-state index contributed by atoms with van der Waals surface area (Å²) in [6.07, 6.45) is 0. The SMILES string of the molecule is O=[N+]([O-])/C(C(Cl)=C(Cl)Cl)=C1\Nc2ccc3ccccc3c21. The lowest BCUT2D eigenvalue weighted by atomic mass is 9.93. The number of halogens is 3. The van der Waals surface area contributed by atoms with E-state index in [2.05, 4.69) is 5.32 Å². The molecule has 4 nitrogen and oxygen atoms in total. The topological polar surface area (TPSA) is 55.2 Å². The van der Waals surface area contributed by atoms with Gasteiger partial charge in [-0.2, -0.15) is 0 Å². The van der Waals surface area contributed by atoms with Crippen LogP contribution in [0.25, 0.3) is 16.5 Å². The predicted octanol–water partition coefficient (Wildman–Crippen LogP) is 5.10. The second-order valence-corrected chi connectivity index (χ2v) is 5.72. The van der Waals surface area contributed by atoms with E-state index in [-0.39, 0.29) is 15.2 Å².